The van der Waals surface area contributed by atoms with Gasteiger partial charge in [-0.1, -0.05) is 18.2 Å². The van der Waals surface area contributed by atoms with E-state index in [9.17, 15) is 40.9 Å². The van der Waals surface area contributed by atoms with E-state index in [0.29, 0.717) is 16.7 Å². The van der Waals surface area contributed by atoms with Crippen LogP contribution in [0.2, 0.25) is 0 Å². The molecule has 3 aromatic rings. The Bertz CT molecular complexity index is 1180. The summed E-state index contributed by atoms with van der Waals surface area (Å²) in [5.41, 5.74) is 1.66. The second kappa shape index (κ2) is 12.7. The first-order valence-corrected chi connectivity index (χ1v) is 11.6. The van der Waals surface area contributed by atoms with Crippen LogP contribution in [-0.4, -0.2) is 67.3 Å². The molecule has 4 atom stereocenters. The summed E-state index contributed by atoms with van der Waals surface area (Å²) in [5, 5.41) is 80.5. The van der Waals surface area contributed by atoms with E-state index >= 15 is 0 Å². The molecule has 0 amide bonds. The lowest BCUT2D eigenvalue weighted by molar-refractivity contribution is -0.000384. The van der Waals surface area contributed by atoms with E-state index < -0.39 is 50.7 Å². The first kappa shape index (κ1) is 28.2. The second-order valence-corrected chi connectivity index (χ2v) is 8.52. The average molecular weight is 517 g/mol. The molecule has 10 nitrogen and oxygen atoms in total. The molecular weight excluding hydrogens is 484 g/mol. The number of benzene rings is 3. The molecule has 0 radical (unpaired) electrons. The summed E-state index contributed by atoms with van der Waals surface area (Å²) in [6.07, 6.45) is -3.66. The molecule has 0 fully saturated rings. The number of hydrogen-bond donors (Lipinski definition) is 8. The lowest BCUT2D eigenvalue weighted by Gasteiger charge is -2.26. The van der Waals surface area contributed by atoms with E-state index in [0.717, 1.165) is 0 Å². The second-order valence-electron chi connectivity index (χ2n) is 8.52. The van der Waals surface area contributed by atoms with Crippen molar-refractivity contribution in [2.75, 3.05) is 20.3 Å². The first-order chi connectivity index (χ1) is 17.8. The van der Waals surface area contributed by atoms with E-state index in [4.69, 9.17) is 9.47 Å². The highest BCUT2D eigenvalue weighted by Gasteiger charge is 2.27. The summed E-state index contributed by atoms with van der Waals surface area (Å²) in [7, 11) is 1.39. The van der Waals surface area contributed by atoms with Crippen LogP contribution in [0.4, 0.5) is 0 Å². The standard InChI is InChI=1S/C27H32O10/c1-36-24-10-15(2-6-22(24)33)20(13-30)26(34)16-4-7-23(19(9-16)12-29)37-25(14-31)27(35)17-3-5-21(32)18(8-17)11-28/h2-10,20,25-35H,11-14H2,1H3. The van der Waals surface area contributed by atoms with Gasteiger partial charge in [0, 0.05) is 17.0 Å². The Labute approximate surface area is 213 Å². The van der Waals surface area contributed by atoms with Gasteiger partial charge in [-0.2, -0.15) is 0 Å². The molecule has 10 heteroatoms. The number of aromatic hydroxyl groups is 2. The zero-order valence-corrected chi connectivity index (χ0v) is 20.2. The van der Waals surface area contributed by atoms with Gasteiger partial charge in [0.2, 0.25) is 0 Å². The van der Waals surface area contributed by atoms with E-state index in [1.165, 1.54) is 55.6 Å². The van der Waals surface area contributed by atoms with Gasteiger partial charge in [0.15, 0.2) is 17.6 Å². The van der Waals surface area contributed by atoms with Gasteiger partial charge in [0.25, 0.3) is 0 Å². The van der Waals surface area contributed by atoms with Crippen LogP contribution in [-0.2, 0) is 13.2 Å². The first-order valence-electron chi connectivity index (χ1n) is 11.6. The Kier molecular flexibility index (Phi) is 9.70. The molecule has 0 heterocycles. The fourth-order valence-electron chi connectivity index (χ4n) is 4.06. The predicted molar refractivity (Wildman–Crippen MR) is 132 cm³/mol. The predicted octanol–water partition coefficient (Wildman–Crippen LogP) is 1.37. The molecule has 0 aliphatic rings. The minimum Gasteiger partial charge on any atom is -0.508 e. The van der Waals surface area contributed by atoms with Crippen LogP contribution in [0.15, 0.2) is 54.6 Å². The lowest BCUT2D eigenvalue weighted by Crippen LogP contribution is -2.29. The molecule has 37 heavy (non-hydrogen) atoms. The summed E-state index contributed by atoms with van der Waals surface area (Å²) < 4.78 is 10.9. The molecule has 0 bridgehead atoms. The maximum Gasteiger partial charge on any atom is 0.160 e. The molecule has 0 spiro atoms. The molecule has 0 saturated carbocycles. The van der Waals surface area contributed by atoms with Gasteiger partial charge in [-0.25, -0.2) is 0 Å². The Balaban J connectivity index is 1.85. The number of phenols is 2. The zero-order valence-electron chi connectivity index (χ0n) is 20.2. The van der Waals surface area contributed by atoms with Crippen molar-refractivity contribution in [3.8, 4) is 23.0 Å². The Morgan fingerprint density at radius 2 is 1.24 bits per heavy atom. The number of phenolic OH excluding ortho intramolecular Hbond substituents is 1. The number of rotatable bonds is 12. The smallest absolute Gasteiger partial charge is 0.160 e. The molecular formula is C27H32O10. The van der Waals surface area contributed by atoms with Crippen LogP contribution < -0.4 is 9.47 Å². The quantitative estimate of drug-likeness (QED) is 0.175. The summed E-state index contributed by atoms with van der Waals surface area (Å²) in [5.74, 6) is -0.638. The normalized spacial score (nSPS) is 14.6. The monoisotopic (exact) mass is 516 g/mol. The van der Waals surface area contributed by atoms with Gasteiger partial charge in [0.1, 0.15) is 17.6 Å². The van der Waals surface area contributed by atoms with Crippen LogP contribution in [0.5, 0.6) is 23.0 Å². The van der Waals surface area contributed by atoms with E-state index in [1.807, 2.05) is 0 Å². The molecule has 0 aliphatic heterocycles. The third-order valence-corrected chi connectivity index (χ3v) is 6.23. The van der Waals surface area contributed by atoms with E-state index in [1.54, 1.807) is 6.07 Å². The lowest BCUT2D eigenvalue weighted by atomic mass is 9.89. The highest BCUT2D eigenvalue weighted by molar-refractivity contribution is 5.45. The van der Waals surface area contributed by atoms with Crippen LogP contribution in [0.25, 0.3) is 0 Å². The zero-order chi connectivity index (χ0) is 27.1. The number of hydrogen-bond acceptors (Lipinski definition) is 10. The molecule has 8 N–H and O–H groups in total. The van der Waals surface area contributed by atoms with Gasteiger partial charge in [0.05, 0.1) is 39.6 Å². The minimum absolute atomic E-state index is 0.0815. The van der Waals surface area contributed by atoms with Crippen molar-refractivity contribution < 1.29 is 50.3 Å². The molecule has 200 valence electrons. The van der Waals surface area contributed by atoms with Gasteiger partial charge in [-0.15, -0.1) is 0 Å². The number of aliphatic hydroxyl groups is 6. The van der Waals surface area contributed by atoms with Gasteiger partial charge >= 0.3 is 0 Å². The topological polar surface area (TPSA) is 180 Å². The van der Waals surface area contributed by atoms with Crippen LogP contribution in [0.1, 0.15) is 45.9 Å². The molecule has 0 saturated heterocycles. The van der Waals surface area contributed by atoms with Crippen molar-refractivity contribution in [3.63, 3.8) is 0 Å². The van der Waals surface area contributed by atoms with Crippen LogP contribution in [0.3, 0.4) is 0 Å². The average Bonchev–Trinajstić information content (AvgIpc) is 2.92. The van der Waals surface area contributed by atoms with Gasteiger partial charge in [-0.3, -0.25) is 0 Å². The Hall–Kier alpha value is -3.38. The maximum absolute atomic E-state index is 11.0. The summed E-state index contributed by atoms with van der Waals surface area (Å²) in [6, 6.07) is 13.1. The van der Waals surface area contributed by atoms with Gasteiger partial charge < -0.3 is 50.3 Å². The van der Waals surface area contributed by atoms with Crippen LogP contribution in [0, 0.1) is 0 Å². The number of aliphatic hydroxyl groups excluding tert-OH is 6. The third kappa shape index (κ3) is 6.31. The highest BCUT2D eigenvalue weighted by Crippen LogP contribution is 2.37. The molecule has 3 rings (SSSR count). The summed E-state index contributed by atoms with van der Waals surface area (Å²) in [6.45, 7) is -1.92. The minimum atomic E-state index is -1.32. The fourth-order valence-corrected chi connectivity index (χ4v) is 4.06. The Morgan fingerprint density at radius 3 is 1.86 bits per heavy atom. The molecule has 0 aliphatic carbocycles. The highest BCUT2D eigenvalue weighted by atomic mass is 16.5. The van der Waals surface area contributed by atoms with E-state index in [-0.39, 0.29) is 34.1 Å². The fraction of sp³-hybridized carbons (Fsp3) is 0.333. The van der Waals surface area contributed by atoms with Gasteiger partial charge in [-0.05, 0) is 53.1 Å². The van der Waals surface area contributed by atoms with Crippen molar-refractivity contribution in [3.05, 3.63) is 82.4 Å². The third-order valence-electron chi connectivity index (χ3n) is 6.23. The summed E-state index contributed by atoms with van der Waals surface area (Å²) in [4.78, 5) is 0. The SMILES string of the molecule is COc1cc(C(CO)C(O)c2ccc(OC(CO)C(O)c3ccc(O)c(CO)c3)c(CO)c2)ccc1O. The van der Waals surface area contributed by atoms with Crippen molar-refractivity contribution in [2.45, 2.75) is 37.4 Å². The number of ether oxygens (including phenoxy) is 2. The van der Waals surface area contributed by atoms with Crippen molar-refractivity contribution in [1.29, 1.82) is 0 Å². The van der Waals surface area contributed by atoms with E-state index in [2.05, 4.69) is 0 Å². The van der Waals surface area contributed by atoms with Crippen LogP contribution >= 0.6 is 0 Å². The number of methoxy groups -OCH3 is 1. The molecule has 3 aromatic carbocycles. The maximum atomic E-state index is 11.0. The largest absolute Gasteiger partial charge is 0.508 e. The molecule has 4 unspecified atom stereocenters. The van der Waals surface area contributed by atoms with Crippen molar-refractivity contribution in [2.24, 2.45) is 0 Å². The Morgan fingerprint density at radius 1 is 0.649 bits per heavy atom. The van der Waals surface area contributed by atoms with Crippen molar-refractivity contribution >= 4 is 0 Å². The summed E-state index contributed by atoms with van der Waals surface area (Å²) >= 11 is 0. The molecule has 0 aromatic heterocycles. The van der Waals surface area contributed by atoms with Crippen molar-refractivity contribution in [1.82, 2.24) is 0 Å².